The molecule has 0 aromatic heterocycles. The van der Waals surface area contributed by atoms with Crippen LogP contribution in [0.1, 0.15) is 44.9 Å². The van der Waals surface area contributed by atoms with Gasteiger partial charge in [-0.3, -0.25) is 10.7 Å². The molecule has 0 spiro atoms. The summed E-state index contributed by atoms with van der Waals surface area (Å²) in [5, 5.41) is 17.4. The highest BCUT2D eigenvalue weighted by Crippen LogP contribution is 2.22. The lowest BCUT2D eigenvalue weighted by Crippen LogP contribution is -2.43. The molecule has 1 aliphatic heterocycles. The van der Waals surface area contributed by atoms with Crippen molar-refractivity contribution in [3.63, 3.8) is 0 Å². The maximum absolute atomic E-state index is 9.77. The summed E-state index contributed by atoms with van der Waals surface area (Å²) in [5.74, 6) is 0.254. The van der Waals surface area contributed by atoms with Crippen LogP contribution in [0.5, 0.6) is 0 Å². The zero-order valence-electron chi connectivity index (χ0n) is 9.86. The van der Waals surface area contributed by atoms with E-state index in [1.807, 2.05) is 6.21 Å². The topological polar surface area (TPSA) is 56.7 Å². The summed E-state index contributed by atoms with van der Waals surface area (Å²) in [6.45, 7) is 1.08. The van der Waals surface area contributed by atoms with Gasteiger partial charge >= 0.3 is 0 Å². The highest BCUT2D eigenvalue weighted by Gasteiger charge is 2.21. The molecular weight excluding hydrogens is 202 g/mol. The molecule has 2 fully saturated rings. The van der Waals surface area contributed by atoms with Gasteiger partial charge in [-0.2, -0.15) is 5.10 Å². The molecule has 92 valence electrons. The summed E-state index contributed by atoms with van der Waals surface area (Å²) in [4.78, 5) is 0. The first-order valence-corrected chi connectivity index (χ1v) is 6.56. The van der Waals surface area contributed by atoms with Crippen molar-refractivity contribution in [2.24, 2.45) is 11.0 Å². The van der Waals surface area contributed by atoms with Gasteiger partial charge in [0, 0.05) is 12.1 Å². The van der Waals surface area contributed by atoms with E-state index < -0.39 is 0 Å². The Morgan fingerprint density at radius 1 is 1.12 bits per heavy atom. The molecule has 0 amide bonds. The molecule has 0 aromatic carbocycles. The Balaban J connectivity index is 1.70. The van der Waals surface area contributed by atoms with Crippen LogP contribution in [0.15, 0.2) is 5.10 Å². The quantitative estimate of drug-likeness (QED) is 0.500. The van der Waals surface area contributed by atoms with Crippen molar-refractivity contribution in [2.45, 2.75) is 57.2 Å². The fourth-order valence-corrected chi connectivity index (χ4v) is 2.50. The number of hydrazone groups is 1. The molecule has 1 saturated heterocycles. The molecule has 1 saturated carbocycles. The van der Waals surface area contributed by atoms with Gasteiger partial charge in [0.1, 0.15) is 0 Å². The summed E-state index contributed by atoms with van der Waals surface area (Å²) in [5.41, 5.74) is 3.14. The fourth-order valence-electron chi connectivity index (χ4n) is 2.50. The summed E-state index contributed by atoms with van der Waals surface area (Å²) < 4.78 is 0. The van der Waals surface area contributed by atoms with Crippen molar-refractivity contribution in [3.05, 3.63) is 0 Å². The van der Waals surface area contributed by atoms with Gasteiger partial charge in [0.2, 0.25) is 0 Å². The van der Waals surface area contributed by atoms with E-state index in [0.29, 0.717) is 6.17 Å². The van der Waals surface area contributed by atoms with Crippen LogP contribution in [0.3, 0.4) is 0 Å². The number of hydrogen-bond acceptors (Lipinski definition) is 4. The lowest BCUT2D eigenvalue weighted by atomic mass is 9.87. The van der Waals surface area contributed by atoms with Crippen LogP contribution in [0.2, 0.25) is 0 Å². The lowest BCUT2D eigenvalue weighted by Gasteiger charge is -2.25. The molecule has 16 heavy (non-hydrogen) atoms. The van der Waals surface area contributed by atoms with E-state index >= 15 is 0 Å². The second kappa shape index (κ2) is 6.21. The monoisotopic (exact) mass is 225 g/mol. The Morgan fingerprint density at radius 2 is 1.94 bits per heavy atom. The van der Waals surface area contributed by atoms with E-state index in [1.54, 1.807) is 0 Å². The molecule has 3 atom stereocenters. The largest absolute Gasteiger partial charge is 0.392 e. The highest BCUT2D eigenvalue weighted by atomic mass is 16.3. The number of aliphatic hydroxyl groups excluding tert-OH is 1. The van der Waals surface area contributed by atoms with Gasteiger partial charge in [-0.05, 0) is 38.6 Å². The number of piperidine rings is 1. The van der Waals surface area contributed by atoms with Gasteiger partial charge < -0.3 is 5.11 Å². The second-order valence-electron chi connectivity index (χ2n) is 4.93. The first-order valence-electron chi connectivity index (χ1n) is 6.56. The molecular formula is C12H23N3O. The Hall–Kier alpha value is -0.610. The minimum Gasteiger partial charge on any atom is -0.392 e. The smallest absolute Gasteiger partial charge is 0.0933 e. The van der Waals surface area contributed by atoms with Gasteiger partial charge in [0.05, 0.1) is 12.3 Å². The third-order valence-electron chi connectivity index (χ3n) is 3.59. The lowest BCUT2D eigenvalue weighted by molar-refractivity contribution is 0.103. The summed E-state index contributed by atoms with van der Waals surface area (Å²) in [6.07, 6.45) is 10.1. The van der Waals surface area contributed by atoms with Crippen LogP contribution in [0.25, 0.3) is 0 Å². The van der Waals surface area contributed by atoms with Gasteiger partial charge in [0.15, 0.2) is 0 Å². The predicted molar refractivity (Wildman–Crippen MR) is 65.2 cm³/mol. The summed E-state index contributed by atoms with van der Waals surface area (Å²) >= 11 is 0. The molecule has 0 bridgehead atoms. The Morgan fingerprint density at radius 3 is 2.69 bits per heavy atom. The maximum atomic E-state index is 9.77. The van der Waals surface area contributed by atoms with Crippen LogP contribution in [0, 0.1) is 5.92 Å². The van der Waals surface area contributed by atoms with E-state index in [9.17, 15) is 5.11 Å². The van der Waals surface area contributed by atoms with Crippen LogP contribution in [0.4, 0.5) is 0 Å². The number of rotatable bonds is 3. The molecule has 0 aromatic rings. The molecule has 4 nitrogen and oxygen atoms in total. The van der Waals surface area contributed by atoms with Crippen LogP contribution in [-0.4, -0.2) is 30.1 Å². The van der Waals surface area contributed by atoms with Gasteiger partial charge in [-0.25, -0.2) is 0 Å². The minimum atomic E-state index is -0.182. The van der Waals surface area contributed by atoms with Crippen molar-refractivity contribution < 1.29 is 5.11 Å². The SMILES string of the molecule is OC1CCCCC1/C=N/NC1CCCCN1. The van der Waals surface area contributed by atoms with Crippen molar-refractivity contribution in [1.29, 1.82) is 0 Å². The molecule has 1 aliphatic carbocycles. The third kappa shape index (κ3) is 3.46. The zero-order chi connectivity index (χ0) is 11.2. The summed E-state index contributed by atoms with van der Waals surface area (Å²) in [7, 11) is 0. The van der Waals surface area contributed by atoms with Crippen molar-refractivity contribution >= 4 is 6.21 Å². The second-order valence-corrected chi connectivity index (χ2v) is 4.93. The van der Waals surface area contributed by atoms with Gasteiger partial charge in [-0.15, -0.1) is 0 Å². The Labute approximate surface area is 97.5 Å². The van der Waals surface area contributed by atoms with E-state index in [2.05, 4.69) is 15.8 Å². The van der Waals surface area contributed by atoms with E-state index in [1.165, 1.54) is 19.3 Å². The highest BCUT2D eigenvalue weighted by molar-refractivity contribution is 5.61. The molecule has 1 heterocycles. The molecule has 3 N–H and O–H groups in total. The number of hydrogen-bond donors (Lipinski definition) is 3. The average Bonchev–Trinajstić information content (AvgIpc) is 2.33. The fraction of sp³-hybridized carbons (Fsp3) is 0.917. The average molecular weight is 225 g/mol. The molecule has 2 rings (SSSR count). The minimum absolute atomic E-state index is 0.182. The van der Waals surface area contributed by atoms with E-state index in [4.69, 9.17) is 0 Å². The Bertz CT molecular complexity index is 226. The number of aliphatic hydroxyl groups is 1. The van der Waals surface area contributed by atoms with Crippen molar-refractivity contribution in [2.75, 3.05) is 6.54 Å². The molecule has 0 radical (unpaired) electrons. The van der Waals surface area contributed by atoms with Crippen LogP contribution in [-0.2, 0) is 0 Å². The summed E-state index contributed by atoms with van der Waals surface area (Å²) in [6, 6.07) is 0. The number of nitrogens with zero attached hydrogens (tertiary/aromatic N) is 1. The predicted octanol–water partition coefficient (Wildman–Crippen LogP) is 1.21. The number of nitrogens with one attached hydrogen (secondary N) is 2. The standard InChI is InChI=1S/C12H23N3O/c16-11-6-2-1-5-10(11)9-14-15-12-7-3-4-8-13-12/h9-13,15-16H,1-8H2/b14-9+. The molecule has 2 aliphatic rings. The van der Waals surface area contributed by atoms with Crippen LogP contribution >= 0.6 is 0 Å². The van der Waals surface area contributed by atoms with Gasteiger partial charge in [-0.1, -0.05) is 12.8 Å². The van der Waals surface area contributed by atoms with E-state index in [0.717, 1.165) is 32.2 Å². The first kappa shape index (κ1) is 11.9. The first-order chi connectivity index (χ1) is 7.86. The van der Waals surface area contributed by atoms with Gasteiger partial charge in [0.25, 0.3) is 0 Å². The van der Waals surface area contributed by atoms with Crippen LogP contribution < -0.4 is 10.7 Å². The molecule has 3 unspecified atom stereocenters. The van der Waals surface area contributed by atoms with Crippen molar-refractivity contribution in [1.82, 2.24) is 10.7 Å². The normalized spacial score (nSPS) is 36.4. The molecule has 4 heteroatoms. The maximum Gasteiger partial charge on any atom is 0.0933 e. The third-order valence-corrected chi connectivity index (χ3v) is 3.59. The zero-order valence-corrected chi connectivity index (χ0v) is 9.86. The van der Waals surface area contributed by atoms with Crippen molar-refractivity contribution in [3.8, 4) is 0 Å². The van der Waals surface area contributed by atoms with E-state index in [-0.39, 0.29) is 12.0 Å². The Kier molecular flexibility index (Phi) is 4.60.